The Balaban J connectivity index is 2.07. The molecular formula is C13H12BrNO2S. The van der Waals surface area contributed by atoms with E-state index in [0.717, 1.165) is 14.4 Å². The van der Waals surface area contributed by atoms with Crippen LogP contribution in [0.25, 0.3) is 0 Å². The van der Waals surface area contributed by atoms with Gasteiger partial charge in [0.2, 0.25) is 5.91 Å². The van der Waals surface area contributed by atoms with Crippen molar-refractivity contribution < 1.29 is 9.90 Å². The molecule has 1 amide bonds. The Morgan fingerprint density at radius 3 is 2.50 bits per heavy atom. The highest BCUT2D eigenvalue weighted by Gasteiger charge is 2.12. The molecule has 0 aliphatic rings. The third-order valence-corrected chi connectivity index (χ3v) is 4.19. The summed E-state index contributed by atoms with van der Waals surface area (Å²) in [5.74, 6) is 0.219. The van der Waals surface area contributed by atoms with E-state index in [9.17, 15) is 9.90 Å². The number of carbonyl (C=O) groups is 1. The van der Waals surface area contributed by atoms with Crippen LogP contribution in [-0.2, 0) is 11.2 Å². The van der Waals surface area contributed by atoms with Gasteiger partial charge < -0.3 is 10.0 Å². The number of amides is 1. The normalized spacial score (nSPS) is 10.3. The lowest BCUT2D eigenvalue weighted by Gasteiger charge is -2.16. The molecule has 2 aromatic rings. The van der Waals surface area contributed by atoms with Crippen molar-refractivity contribution in [3.05, 3.63) is 45.1 Å². The van der Waals surface area contributed by atoms with Gasteiger partial charge in [-0.2, -0.15) is 0 Å². The van der Waals surface area contributed by atoms with Crippen LogP contribution in [0.4, 0.5) is 5.69 Å². The van der Waals surface area contributed by atoms with Crippen molar-refractivity contribution in [2.45, 2.75) is 6.42 Å². The van der Waals surface area contributed by atoms with Gasteiger partial charge in [-0.15, -0.1) is 11.3 Å². The van der Waals surface area contributed by atoms with Gasteiger partial charge in [-0.05, 0) is 52.3 Å². The average molecular weight is 326 g/mol. The van der Waals surface area contributed by atoms with Crippen LogP contribution < -0.4 is 4.90 Å². The minimum absolute atomic E-state index is 0.0232. The first-order valence-electron chi connectivity index (χ1n) is 5.36. The number of carbonyl (C=O) groups excluding carboxylic acids is 1. The number of halogens is 1. The van der Waals surface area contributed by atoms with Crippen molar-refractivity contribution in [2.75, 3.05) is 11.9 Å². The standard InChI is InChI=1S/C13H12BrNO2S/c1-15(9-2-4-10(16)5-3-9)13(17)8-11-6-7-12(14)18-11/h2-7,16H,8H2,1H3. The Kier molecular flexibility index (Phi) is 4.04. The second-order valence-corrected chi connectivity index (χ2v) is 6.40. The van der Waals surface area contributed by atoms with Crippen molar-refractivity contribution >= 4 is 38.9 Å². The molecule has 0 saturated carbocycles. The largest absolute Gasteiger partial charge is 0.508 e. The Morgan fingerprint density at radius 2 is 1.94 bits per heavy atom. The summed E-state index contributed by atoms with van der Waals surface area (Å²) in [6.07, 6.45) is 0.383. The molecule has 1 aromatic carbocycles. The molecule has 0 saturated heterocycles. The molecule has 0 atom stereocenters. The summed E-state index contributed by atoms with van der Waals surface area (Å²) in [6.45, 7) is 0. The number of phenolic OH excluding ortho intramolecular Hbond substituents is 1. The molecule has 3 nitrogen and oxygen atoms in total. The molecule has 0 unspecified atom stereocenters. The molecule has 1 N–H and O–H groups in total. The quantitative estimate of drug-likeness (QED) is 0.939. The van der Waals surface area contributed by atoms with Gasteiger partial charge in [0.15, 0.2) is 0 Å². The lowest BCUT2D eigenvalue weighted by Crippen LogP contribution is -2.27. The average Bonchev–Trinajstić information content (AvgIpc) is 2.75. The summed E-state index contributed by atoms with van der Waals surface area (Å²) in [5.41, 5.74) is 0.772. The predicted octanol–water partition coefficient (Wildman–Crippen LogP) is 3.42. The van der Waals surface area contributed by atoms with E-state index in [2.05, 4.69) is 15.9 Å². The van der Waals surface area contributed by atoms with Gasteiger partial charge in [0.25, 0.3) is 0 Å². The smallest absolute Gasteiger partial charge is 0.231 e. The Bertz CT molecular complexity index is 550. The first-order chi connectivity index (χ1) is 8.56. The number of thiophene rings is 1. The van der Waals surface area contributed by atoms with Gasteiger partial charge >= 0.3 is 0 Å². The lowest BCUT2D eigenvalue weighted by molar-refractivity contribution is -0.117. The Hall–Kier alpha value is -1.33. The molecule has 0 fully saturated rings. The monoisotopic (exact) mass is 325 g/mol. The number of anilines is 1. The van der Waals surface area contributed by atoms with Crippen LogP contribution in [0.5, 0.6) is 5.75 Å². The zero-order valence-electron chi connectivity index (χ0n) is 9.76. The minimum Gasteiger partial charge on any atom is -0.508 e. The fraction of sp³-hybridized carbons (Fsp3) is 0.154. The van der Waals surface area contributed by atoms with Crippen molar-refractivity contribution in [1.82, 2.24) is 0 Å². The van der Waals surface area contributed by atoms with E-state index < -0.39 is 0 Å². The topological polar surface area (TPSA) is 40.5 Å². The van der Waals surface area contributed by atoms with E-state index in [-0.39, 0.29) is 11.7 Å². The van der Waals surface area contributed by atoms with Gasteiger partial charge in [0.05, 0.1) is 10.2 Å². The summed E-state index contributed by atoms with van der Waals surface area (Å²) < 4.78 is 1.03. The van der Waals surface area contributed by atoms with Gasteiger partial charge in [-0.3, -0.25) is 4.79 Å². The number of benzene rings is 1. The van der Waals surface area contributed by atoms with Crippen LogP contribution in [0.1, 0.15) is 4.88 Å². The molecule has 5 heteroatoms. The van der Waals surface area contributed by atoms with Crippen LogP contribution in [0.15, 0.2) is 40.2 Å². The fourth-order valence-corrected chi connectivity index (χ4v) is 3.01. The van der Waals surface area contributed by atoms with Crippen molar-refractivity contribution in [3.63, 3.8) is 0 Å². The maximum absolute atomic E-state index is 12.1. The molecule has 0 radical (unpaired) electrons. The molecule has 94 valence electrons. The molecule has 1 heterocycles. The zero-order valence-corrected chi connectivity index (χ0v) is 12.2. The second kappa shape index (κ2) is 5.54. The van der Waals surface area contributed by atoms with Gasteiger partial charge in [0.1, 0.15) is 5.75 Å². The molecule has 1 aromatic heterocycles. The van der Waals surface area contributed by atoms with E-state index in [4.69, 9.17) is 0 Å². The third kappa shape index (κ3) is 3.11. The van der Waals surface area contributed by atoms with Crippen LogP contribution in [0.2, 0.25) is 0 Å². The van der Waals surface area contributed by atoms with Crippen LogP contribution in [-0.4, -0.2) is 18.1 Å². The molecule has 0 aliphatic heterocycles. The number of aromatic hydroxyl groups is 1. The number of hydrogen-bond acceptors (Lipinski definition) is 3. The molecule has 0 bridgehead atoms. The summed E-state index contributed by atoms with van der Waals surface area (Å²) in [4.78, 5) is 14.7. The summed E-state index contributed by atoms with van der Waals surface area (Å²) in [7, 11) is 1.73. The highest BCUT2D eigenvalue weighted by atomic mass is 79.9. The van der Waals surface area contributed by atoms with Crippen LogP contribution in [0.3, 0.4) is 0 Å². The van der Waals surface area contributed by atoms with Crippen molar-refractivity contribution in [1.29, 1.82) is 0 Å². The number of nitrogens with zero attached hydrogens (tertiary/aromatic N) is 1. The number of phenols is 1. The van der Waals surface area contributed by atoms with Crippen molar-refractivity contribution in [2.24, 2.45) is 0 Å². The summed E-state index contributed by atoms with van der Waals surface area (Å²) in [6, 6.07) is 10.5. The molecular weight excluding hydrogens is 314 g/mol. The number of rotatable bonds is 3. The first kappa shape index (κ1) is 13.1. The lowest BCUT2D eigenvalue weighted by atomic mass is 10.2. The van der Waals surface area contributed by atoms with E-state index in [0.29, 0.717) is 6.42 Å². The second-order valence-electron chi connectivity index (χ2n) is 3.85. The maximum atomic E-state index is 12.1. The van der Waals surface area contributed by atoms with E-state index in [1.807, 2.05) is 12.1 Å². The van der Waals surface area contributed by atoms with Gasteiger partial charge in [0, 0.05) is 17.6 Å². The Labute approximate surface area is 118 Å². The van der Waals surface area contributed by atoms with Gasteiger partial charge in [-0.25, -0.2) is 0 Å². The maximum Gasteiger partial charge on any atom is 0.231 e. The van der Waals surface area contributed by atoms with Gasteiger partial charge in [-0.1, -0.05) is 0 Å². The molecule has 2 rings (SSSR count). The number of likely N-dealkylation sites (N-methyl/N-ethyl adjacent to an activating group) is 1. The summed E-state index contributed by atoms with van der Waals surface area (Å²) in [5, 5.41) is 9.21. The fourth-order valence-electron chi connectivity index (χ4n) is 1.53. The summed E-state index contributed by atoms with van der Waals surface area (Å²) >= 11 is 4.94. The van der Waals surface area contributed by atoms with Crippen molar-refractivity contribution in [3.8, 4) is 5.75 Å². The number of hydrogen-bond donors (Lipinski definition) is 1. The highest BCUT2D eigenvalue weighted by molar-refractivity contribution is 9.11. The van der Waals surface area contributed by atoms with E-state index in [1.165, 1.54) is 0 Å². The van der Waals surface area contributed by atoms with Crippen LogP contribution >= 0.6 is 27.3 Å². The molecule has 0 spiro atoms. The minimum atomic E-state index is 0.0232. The molecule has 0 aliphatic carbocycles. The third-order valence-electron chi connectivity index (χ3n) is 2.57. The van der Waals surface area contributed by atoms with Crippen LogP contribution in [0, 0.1) is 0 Å². The highest BCUT2D eigenvalue weighted by Crippen LogP contribution is 2.24. The SMILES string of the molecule is CN(C(=O)Cc1ccc(Br)s1)c1ccc(O)cc1. The van der Waals surface area contributed by atoms with E-state index in [1.54, 1.807) is 47.5 Å². The van der Waals surface area contributed by atoms with E-state index >= 15 is 0 Å². The predicted molar refractivity (Wildman–Crippen MR) is 77.2 cm³/mol. The Morgan fingerprint density at radius 1 is 1.28 bits per heavy atom. The first-order valence-corrected chi connectivity index (χ1v) is 6.97. The zero-order chi connectivity index (χ0) is 13.1. The molecule has 18 heavy (non-hydrogen) atoms.